The maximum atomic E-state index is 5.93. The zero-order chi connectivity index (χ0) is 14.0. The van der Waals surface area contributed by atoms with Crippen LogP contribution in [0.25, 0.3) is 0 Å². The summed E-state index contributed by atoms with van der Waals surface area (Å²) in [4.78, 5) is 0. The molecular weight excluding hydrogens is 236 g/mol. The number of rotatable bonds is 4. The van der Waals surface area contributed by atoms with Gasteiger partial charge in [-0.05, 0) is 38.7 Å². The Morgan fingerprint density at radius 1 is 1.16 bits per heavy atom. The van der Waals surface area contributed by atoms with E-state index in [0.717, 1.165) is 6.42 Å². The molecule has 106 valence electrons. The van der Waals surface area contributed by atoms with Crippen LogP contribution >= 0.6 is 0 Å². The van der Waals surface area contributed by atoms with Gasteiger partial charge < -0.3 is 4.74 Å². The third-order valence-corrected chi connectivity index (χ3v) is 4.57. The molecule has 5 atom stereocenters. The van der Waals surface area contributed by atoms with Crippen LogP contribution in [0.3, 0.4) is 0 Å². The van der Waals surface area contributed by atoms with E-state index in [1.54, 1.807) is 0 Å². The fraction of sp³-hybridized carbons (Fsp3) is 0.625. The molecule has 0 amide bonds. The van der Waals surface area contributed by atoms with Crippen LogP contribution in [-0.2, 0) is 11.2 Å². The highest BCUT2D eigenvalue weighted by Gasteiger charge is 2.41. The number of nitrogens with two attached hydrogens (primary N) is 1. The van der Waals surface area contributed by atoms with Gasteiger partial charge in [0.25, 0.3) is 0 Å². The third kappa shape index (κ3) is 3.16. The van der Waals surface area contributed by atoms with Crippen LogP contribution in [0.1, 0.15) is 31.9 Å². The zero-order valence-corrected chi connectivity index (χ0v) is 12.4. The Labute approximate surface area is 116 Å². The van der Waals surface area contributed by atoms with Crippen LogP contribution in [0, 0.1) is 18.8 Å². The van der Waals surface area contributed by atoms with Crippen molar-refractivity contribution in [3.05, 3.63) is 35.4 Å². The van der Waals surface area contributed by atoms with Crippen LogP contribution in [0.5, 0.6) is 0 Å². The molecule has 1 aromatic rings. The molecule has 0 saturated carbocycles. The van der Waals surface area contributed by atoms with Crippen LogP contribution in [0.15, 0.2) is 24.3 Å². The van der Waals surface area contributed by atoms with Crippen molar-refractivity contribution in [2.75, 3.05) is 0 Å². The van der Waals surface area contributed by atoms with E-state index in [1.165, 1.54) is 11.1 Å². The molecule has 1 aromatic carbocycles. The van der Waals surface area contributed by atoms with Crippen molar-refractivity contribution < 1.29 is 4.74 Å². The highest BCUT2D eigenvalue weighted by Crippen LogP contribution is 2.35. The Balaban J connectivity index is 2.09. The largest absolute Gasteiger partial charge is 0.375 e. The molecule has 3 N–H and O–H groups in total. The molecule has 1 aliphatic rings. The second-order valence-electron chi connectivity index (χ2n) is 5.95. The van der Waals surface area contributed by atoms with E-state index in [9.17, 15) is 0 Å². The maximum Gasteiger partial charge on any atom is 0.0597 e. The molecular formula is C16H26N2O. The molecule has 0 aliphatic carbocycles. The summed E-state index contributed by atoms with van der Waals surface area (Å²) in [6, 6.07) is 8.95. The lowest BCUT2D eigenvalue weighted by atomic mass is 9.81. The second kappa shape index (κ2) is 6.04. The molecule has 5 unspecified atom stereocenters. The molecule has 3 nitrogen and oxygen atoms in total. The first-order valence-corrected chi connectivity index (χ1v) is 7.20. The van der Waals surface area contributed by atoms with E-state index in [4.69, 9.17) is 10.6 Å². The van der Waals surface area contributed by atoms with Crippen molar-refractivity contribution in [1.82, 2.24) is 5.43 Å². The predicted molar refractivity (Wildman–Crippen MR) is 78.7 cm³/mol. The number of benzene rings is 1. The fourth-order valence-corrected chi connectivity index (χ4v) is 3.27. The molecule has 0 radical (unpaired) electrons. The normalized spacial score (nSPS) is 32.5. The van der Waals surface area contributed by atoms with Crippen LogP contribution < -0.4 is 11.3 Å². The molecule has 19 heavy (non-hydrogen) atoms. The topological polar surface area (TPSA) is 47.3 Å². The van der Waals surface area contributed by atoms with E-state index < -0.39 is 0 Å². The molecule has 1 heterocycles. The highest BCUT2D eigenvalue weighted by molar-refractivity contribution is 5.22. The molecule has 0 bridgehead atoms. The van der Waals surface area contributed by atoms with Crippen molar-refractivity contribution in [3.8, 4) is 0 Å². The maximum absolute atomic E-state index is 5.93. The monoisotopic (exact) mass is 262 g/mol. The van der Waals surface area contributed by atoms with E-state index >= 15 is 0 Å². The van der Waals surface area contributed by atoms with Gasteiger partial charge in [-0.2, -0.15) is 0 Å². The predicted octanol–water partition coefficient (Wildman–Crippen LogP) is 2.43. The van der Waals surface area contributed by atoms with Crippen LogP contribution in [0.4, 0.5) is 0 Å². The van der Waals surface area contributed by atoms with Gasteiger partial charge in [0.15, 0.2) is 0 Å². The van der Waals surface area contributed by atoms with Crippen molar-refractivity contribution in [1.29, 1.82) is 0 Å². The van der Waals surface area contributed by atoms with Crippen molar-refractivity contribution in [3.63, 3.8) is 0 Å². The summed E-state index contributed by atoms with van der Waals surface area (Å²) < 4.78 is 5.93. The molecule has 0 spiro atoms. The minimum absolute atomic E-state index is 0.261. The number of hydrazine groups is 1. The van der Waals surface area contributed by atoms with Gasteiger partial charge in [-0.3, -0.25) is 11.3 Å². The summed E-state index contributed by atoms with van der Waals surface area (Å²) in [7, 11) is 0. The first kappa shape index (κ1) is 14.5. The summed E-state index contributed by atoms with van der Waals surface area (Å²) in [5, 5.41) is 0. The number of hydrogen-bond acceptors (Lipinski definition) is 3. The Morgan fingerprint density at radius 3 is 2.26 bits per heavy atom. The van der Waals surface area contributed by atoms with Gasteiger partial charge >= 0.3 is 0 Å². The highest BCUT2D eigenvalue weighted by atomic mass is 16.5. The lowest BCUT2D eigenvalue weighted by Gasteiger charge is -2.28. The van der Waals surface area contributed by atoms with Gasteiger partial charge in [-0.1, -0.05) is 36.8 Å². The minimum atomic E-state index is 0.261. The average molecular weight is 262 g/mol. The van der Waals surface area contributed by atoms with Gasteiger partial charge in [0, 0.05) is 12.0 Å². The Bertz CT molecular complexity index is 404. The number of aryl methyl sites for hydroxylation is 1. The van der Waals surface area contributed by atoms with Crippen molar-refractivity contribution in [2.45, 2.75) is 52.4 Å². The molecule has 0 aromatic heterocycles. The van der Waals surface area contributed by atoms with E-state index in [1.807, 2.05) is 0 Å². The standard InChI is InChI=1S/C16H26N2O/c1-10-5-7-14(8-6-10)9-15(18-17)16-11(2)12(3)19-13(16)4/h5-8,11-13,15-16,18H,9,17H2,1-4H3. The quantitative estimate of drug-likeness (QED) is 0.647. The van der Waals surface area contributed by atoms with Gasteiger partial charge in [0.2, 0.25) is 0 Å². The van der Waals surface area contributed by atoms with E-state index in [0.29, 0.717) is 17.9 Å². The zero-order valence-electron chi connectivity index (χ0n) is 12.4. The first-order chi connectivity index (χ1) is 9.02. The first-order valence-electron chi connectivity index (χ1n) is 7.20. The molecule has 1 fully saturated rings. The smallest absolute Gasteiger partial charge is 0.0597 e. The number of nitrogens with one attached hydrogen (secondary N) is 1. The SMILES string of the molecule is Cc1ccc(CC(NN)C2C(C)OC(C)C2C)cc1. The van der Waals surface area contributed by atoms with Gasteiger partial charge in [0.1, 0.15) is 0 Å². The fourth-order valence-electron chi connectivity index (χ4n) is 3.27. The van der Waals surface area contributed by atoms with Crippen LogP contribution in [-0.4, -0.2) is 18.2 Å². The van der Waals surface area contributed by atoms with E-state index in [-0.39, 0.29) is 12.1 Å². The van der Waals surface area contributed by atoms with E-state index in [2.05, 4.69) is 57.4 Å². The summed E-state index contributed by atoms with van der Waals surface area (Å²) in [5.41, 5.74) is 5.63. The Morgan fingerprint density at radius 2 is 1.79 bits per heavy atom. The molecule has 3 heteroatoms. The second-order valence-corrected chi connectivity index (χ2v) is 5.95. The van der Waals surface area contributed by atoms with Gasteiger partial charge in [-0.15, -0.1) is 0 Å². The number of hydrogen-bond donors (Lipinski definition) is 2. The lowest BCUT2D eigenvalue weighted by Crippen LogP contribution is -2.46. The lowest BCUT2D eigenvalue weighted by molar-refractivity contribution is 0.0476. The van der Waals surface area contributed by atoms with Gasteiger partial charge in [0.05, 0.1) is 12.2 Å². The number of ether oxygens (including phenoxy) is 1. The molecule has 1 aliphatic heterocycles. The molecule has 1 saturated heterocycles. The van der Waals surface area contributed by atoms with Crippen LogP contribution in [0.2, 0.25) is 0 Å². The van der Waals surface area contributed by atoms with Crippen molar-refractivity contribution in [2.24, 2.45) is 17.7 Å². The molecule has 2 rings (SSSR count). The average Bonchev–Trinajstić information content (AvgIpc) is 2.63. The summed E-state index contributed by atoms with van der Waals surface area (Å²) >= 11 is 0. The third-order valence-electron chi connectivity index (χ3n) is 4.57. The minimum Gasteiger partial charge on any atom is -0.375 e. The Hall–Kier alpha value is -0.900. The Kier molecular flexibility index (Phi) is 4.61. The van der Waals surface area contributed by atoms with Crippen molar-refractivity contribution >= 4 is 0 Å². The summed E-state index contributed by atoms with van der Waals surface area (Å²) in [5.74, 6) is 6.78. The summed E-state index contributed by atoms with van der Waals surface area (Å²) in [6.45, 7) is 8.68. The summed E-state index contributed by atoms with van der Waals surface area (Å²) in [6.07, 6.45) is 1.53. The van der Waals surface area contributed by atoms with Gasteiger partial charge in [-0.25, -0.2) is 0 Å².